The minimum atomic E-state index is 0.135. The van der Waals surface area contributed by atoms with E-state index in [1.165, 1.54) is 22.2 Å². The van der Waals surface area contributed by atoms with E-state index in [1.807, 2.05) is 42.3 Å². The van der Waals surface area contributed by atoms with Gasteiger partial charge in [0.25, 0.3) is 5.91 Å². The molecule has 3 aromatic rings. The molecule has 2 aliphatic rings. The molecule has 2 aromatic carbocycles. The summed E-state index contributed by atoms with van der Waals surface area (Å²) in [5.41, 5.74) is 5.16. The van der Waals surface area contributed by atoms with Crippen LogP contribution in [0.2, 0.25) is 0 Å². The van der Waals surface area contributed by atoms with Crippen LogP contribution in [0.25, 0.3) is 10.9 Å². The highest BCUT2D eigenvalue weighted by Crippen LogP contribution is 2.42. The predicted octanol–water partition coefficient (Wildman–Crippen LogP) is 4.50. The molecule has 0 radical (unpaired) electrons. The number of amides is 1. The van der Waals surface area contributed by atoms with Crippen LogP contribution in [-0.4, -0.2) is 46.5 Å². The highest BCUT2D eigenvalue weighted by atomic mass is 16.2. The Bertz CT molecular complexity index is 1010. The van der Waals surface area contributed by atoms with Gasteiger partial charge in [-0.2, -0.15) is 0 Å². The van der Waals surface area contributed by atoms with Crippen molar-refractivity contribution in [3.8, 4) is 0 Å². The standard InChI is InChI=1S/C25H29N3O/c1-3-28-22-12-8-7-11-20(22)21-14-16-27-15-13-19(17-23(27)24(21)28)26(2)25(29)18-9-5-4-6-10-18/h4-12,19,23H,3,13-17H2,1-2H3/t19?,23-/m0/s1. The van der Waals surface area contributed by atoms with E-state index >= 15 is 0 Å². The number of aromatic nitrogens is 1. The normalized spacial score (nSPS) is 21.6. The second kappa shape index (κ2) is 7.34. The van der Waals surface area contributed by atoms with Gasteiger partial charge < -0.3 is 9.47 Å². The number of carbonyl (C=O) groups is 1. The molecular weight excluding hydrogens is 358 g/mol. The number of piperidine rings is 1. The van der Waals surface area contributed by atoms with Crippen LogP contribution in [0.1, 0.15) is 47.4 Å². The molecule has 0 saturated carbocycles. The molecule has 29 heavy (non-hydrogen) atoms. The predicted molar refractivity (Wildman–Crippen MR) is 117 cm³/mol. The van der Waals surface area contributed by atoms with Crippen LogP contribution in [0.5, 0.6) is 0 Å². The number of para-hydroxylation sites is 1. The summed E-state index contributed by atoms with van der Waals surface area (Å²) in [6, 6.07) is 19.2. The molecule has 4 nitrogen and oxygen atoms in total. The third-order valence-corrected chi connectivity index (χ3v) is 6.98. The van der Waals surface area contributed by atoms with Gasteiger partial charge in [-0.3, -0.25) is 9.69 Å². The average Bonchev–Trinajstić information content (AvgIpc) is 3.12. The smallest absolute Gasteiger partial charge is 0.253 e. The fraction of sp³-hybridized carbons (Fsp3) is 0.400. The SMILES string of the molecule is CCn1c2c(c3ccccc31)CCN1CCC(N(C)C(=O)c3ccccc3)C[C@@H]21. The highest BCUT2D eigenvalue weighted by Gasteiger charge is 2.38. The summed E-state index contributed by atoms with van der Waals surface area (Å²) in [6.07, 6.45) is 3.19. The molecule has 0 aliphatic carbocycles. The van der Waals surface area contributed by atoms with Crippen molar-refractivity contribution in [3.05, 3.63) is 71.4 Å². The third kappa shape index (κ3) is 2.98. The molecule has 1 unspecified atom stereocenters. The Morgan fingerprint density at radius 2 is 1.83 bits per heavy atom. The third-order valence-electron chi connectivity index (χ3n) is 6.98. The second-order valence-electron chi connectivity index (χ2n) is 8.39. The topological polar surface area (TPSA) is 28.5 Å². The van der Waals surface area contributed by atoms with Crippen LogP contribution in [0, 0.1) is 0 Å². The van der Waals surface area contributed by atoms with E-state index in [1.54, 1.807) is 0 Å². The minimum absolute atomic E-state index is 0.135. The van der Waals surface area contributed by atoms with Gasteiger partial charge in [-0.25, -0.2) is 0 Å². The van der Waals surface area contributed by atoms with E-state index in [0.717, 1.165) is 44.5 Å². The molecule has 4 heteroatoms. The lowest BCUT2D eigenvalue weighted by Gasteiger charge is -2.45. The lowest BCUT2D eigenvalue weighted by Crippen LogP contribution is -2.49. The molecular formula is C25H29N3O. The number of fused-ring (bicyclic) bond motifs is 5. The maximum atomic E-state index is 13.0. The maximum absolute atomic E-state index is 13.0. The number of benzene rings is 2. The molecule has 1 aromatic heterocycles. The van der Waals surface area contributed by atoms with Crippen molar-refractivity contribution in [3.63, 3.8) is 0 Å². The van der Waals surface area contributed by atoms with Gasteiger partial charge >= 0.3 is 0 Å². The number of aryl methyl sites for hydroxylation is 1. The first kappa shape index (κ1) is 18.4. The molecule has 0 N–H and O–H groups in total. The van der Waals surface area contributed by atoms with Crippen molar-refractivity contribution >= 4 is 16.8 Å². The van der Waals surface area contributed by atoms with Crippen LogP contribution in [0.3, 0.4) is 0 Å². The van der Waals surface area contributed by atoms with Crippen LogP contribution in [-0.2, 0) is 13.0 Å². The first-order valence-corrected chi connectivity index (χ1v) is 10.8. The first-order chi connectivity index (χ1) is 14.2. The fourth-order valence-corrected chi connectivity index (χ4v) is 5.48. The van der Waals surface area contributed by atoms with Gasteiger partial charge in [-0.1, -0.05) is 36.4 Å². The van der Waals surface area contributed by atoms with E-state index in [-0.39, 0.29) is 11.9 Å². The van der Waals surface area contributed by atoms with Gasteiger partial charge in [0.15, 0.2) is 0 Å². The Labute approximate surface area is 172 Å². The van der Waals surface area contributed by atoms with Gasteiger partial charge in [0.1, 0.15) is 0 Å². The van der Waals surface area contributed by atoms with Gasteiger partial charge in [-0.15, -0.1) is 0 Å². The second-order valence-corrected chi connectivity index (χ2v) is 8.39. The van der Waals surface area contributed by atoms with Gasteiger partial charge in [0.05, 0.1) is 6.04 Å². The summed E-state index contributed by atoms with van der Waals surface area (Å²) in [6.45, 7) is 5.42. The fourth-order valence-electron chi connectivity index (χ4n) is 5.48. The highest BCUT2D eigenvalue weighted by molar-refractivity contribution is 5.94. The lowest BCUT2D eigenvalue weighted by molar-refractivity contribution is 0.0487. The van der Waals surface area contributed by atoms with Gasteiger partial charge in [0, 0.05) is 54.9 Å². The molecule has 1 fully saturated rings. The average molecular weight is 388 g/mol. The van der Waals surface area contributed by atoms with Crippen LogP contribution in [0.15, 0.2) is 54.6 Å². The molecule has 2 atom stereocenters. The lowest BCUT2D eigenvalue weighted by atomic mass is 9.87. The Morgan fingerprint density at radius 1 is 1.07 bits per heavy atom. The molecule has 2 aliphatic heterocycles. The van der Waals surface area contributed by atoms with Crippen molar-refractivity contribution < 1.29 is 4.79 Å². The number of hydrogen-bond acceptors (Lipinski definition) is 2. The van der Waals surface area contributed by atoms with E-state index in [9.17, 15) is 4.79 Å². The molecule has 150 valence electrons. The number of carbonyl (C=O) groups excluding carboxylic acids is 1. The number of hydrogen-bond donors (Lipinski definition) is 0. The molecule has 0 bridgehead atoms. The molecule has 1 saturated heterocycles. The van der Waals surface area contributed by atoms with Crippen molar-refractivity contribution in [2.45, 2.75) is 44.8 Å². The summed E-state index contributed by atoms with van der Waals surface area (Å²) in [5, 5.41) is 1.42. The van der Waals surface area contributed by atoms with Gasteiger partial charge in [-0.05, 0) is 49.9 Å². The van der Waals surface area contributed by atoms with E-state index in [0.29, 0.717) is 6.04 Å². The summed E-state index contributed by atoms with van der Waals surface area (Å²) in [5.74, 6) is 0.135. The Hall–Kier alpha value is -2.59. The quantitative estimate of drug-likeness (QED) is 0.662. The van der Waals surface area contributed by atoms with Crippen molar-refractivity contribution in [2.75, 3.05) is 20.1 Å². The van der Waals surface area contributed by atoms with E-state index in [4.69, 9.17) is 0 Å². The van der Waals surface area contributed by atoms with Crippen molar-refractivity contribution in [1.29, 1.82) is 0 Å². The molecule has 5 rings (SSSR count). The molecule has 1 amide bonds. The maximum Gasteiger partial charge on any atom is 0.253 e. The first-order valence-electron chi connectivity index (χ1n) is 10.8. The van der Waals surface area contributed by atoms with Crippen LogP contribution >= 0.6 is 0 Å². The van der Waals surface area contributed by atoms with Crippen LogP contribution in [0.4, 0.5) is 0 Å². The Morgan fingerprint density at radius 3 is 2.62 bits per heavy atom. The van der Waals surface area contributed by atoms with E-state index in [2.05, 4.69) is 40.7 Å². The largest absolute Gasteiger partial charge is 0.343 e. The summed E-state index contributed by atoms with van der Waals surface area (Å²) < 4.78 is 2.52. The minimum Gasteiger partial charge on any atom is -0.343 e. The molecule has 3 heterocycles. The zero-order chi connectivity index (χ0) is 20.0. The summed E-state index contributed by atoms with van der Waals surface area (Å²) in [4.78, 5) is 17.7. The summed E-state index contributed by atoms with van der Waals surface area (Å²) >= 11 is 0. The zero-order valence-corrected chi connectivity index (χ0v) is 17.3. The van der Waals surface area contributed by atoms with Crippen molar-refractivity contribution in [2.24, 2.45) is 0 Å². The Kier molecular flexibility index (Phi) is 4.67. The van der Waals surface area contributed by atoms with E-state index < -0.39 is 0 Å². The Balaban J connectivity index is 1.48. The van der Waals surface area contributed by atoms with Gasteiger partial charge in [0.2, 0.25) is 0 Å². The zero-order valence-electron chi connectivity index (χ0n) is 17.3. The van der Waals surface area contributed by atoms with Crippen molar-refractivity contribution in [1.82, 2.24) is 14.4 Å². The number of nitrogens with zero attached hydrogens (tertiary/aromatic N) is 3. The number of rotatable bonds is 3. The van der Waals surface area contributed by atoms with Crippen LogP contribution < -0.4 is 0 Å². The monoisotopic (exact) mass is 387 g/mol. The molecule has 0 spiro atoms. The summed E-state index contributed by atoms with van der Waals surface area (Å²) in [7, 11) is 1.98.